The van der Waals surface area contributed by atoms with Crippen molar-refractivity contribution in [3.8, 4) is 10.6 Å². The molecule has 1 amide bonds. The number of fused-ring (bicyclic) bond motifs is 1. The zero-order valence-corrected chi connectivity index (χ0v) is 19.5. The highest BCUT2D eigenvalue weighted by Crippen LogP contribution is 2.32. The van der Waals surface area contributed by atoms with Crippen LogP contribution in [-0.4, -0.2) is 54.5 Å². The molecule has 6 rings (SSSR count). The van der Waals surface area contributed by atoms with Gasteiger partial charge in [-0.3, -0.25) is 4.79 Å². The van der Waals surface area contributed by atoms with Crippen molar-refractivity contribution in [2.75, 3.05) is 18.4 Å². The van der Waals surface area contributed by atoms with Gasteiger partial charge in [0.1, 0.15) is 5.82 Å². The number of nitrogens with zero attached hydrogens (tertiary/aromatic N) is 4. The van der Waals surface area contributed by atoms with Crippen LogP contribution in [0.4, 0.5) is 5.82 Å². The van der Waals surface area contributed by atoms with Crippen LogP contribution < -0.4 is 21.7 Å². The van der Waals surface area contributed by atoms with Crippen LogP contribution in [0.1, 0.15) is 47.3 Å². The van der Waals surface area contributed by atoms with E-state index in [9.17, 15) is 9.59 Å². The molecule has 9 nitrogen and oxygen atoms in total. The summed E-state index contributed by atoms with van der Waals surface area (Å²) in [6.45, 7) is 5.54. The number of aromatic nitrogens is 5. The summed E-state index contributed by atoms with van der Waals surface area (Å²) in [6, 6.07) is 6.30. The van der Waals surface area contributed by atoms with Crippen molar-refractivity contribution in [3.63, 3.8) is 0 Å². The number of anilines is 1. The van der Waals surface area contributed by atoms with E-state index in [-0.39, 0.29) is 11.6 Å². The van der Waals surface area contributed by atoms with Gasteiger partial charge in [-0.15, -0.1) is 11.3 Å². The summed E-state index contributed by atoms with van der Waals surface area (Å²) in [6.07, 6.45) is 9.14. The Morgan fingerprint density at radius 2 is 2.03 bits per heavy atom. The Morgan fingerprint density at radius 3 is 2.76 bits per heavy atom. The maximum atomic E-state index is 13.0. The molecule has 1 saturated carbocycles. The molecule has 2 fully saturated rings. The summed E-state index contributed by atoms with van der Waals surface area (Å²) < 4.78 is 1.79. The maximum Gasteiger partial charge on any atom is 0.323 e. The lowest BCUT2D eigenvalue weighted by atomic mass is 10.1. The van der Waals surface area contributed by atoms with Crippen LogP contribution >= 0.6 is 11.3 Å². The highest BCUT2D eigenvalue weighted by molar-refractivity contribution is 7.17. The molecule has 4 aromatic heterocycles. The van der Waals surface area contributed by atoms with E-state index in [1.807, 2.05) is 29.2 Å². The highest BCUT2D eigenvalue weighted by atomic mass is 32.1. The summed E-state index contributed by atoms with van der Waals surface area (Å²) in [4.78, 5) is 38.5. The number of hydrogen-bond acceptors (Lipinski definition) is 6. The van der Waals surface area contributed by atoms with Gasteiger partial charge in [0.05, 0.1) is 32.3 Å². The Kier molecular flexibility index (Phi) is 5.09. The summed E-state index contributed by atoms with van der Waals surface area (Å²) >= 11 is 1.47. The van der Waals surface area contributed by atoms with Gasteiger partial charge >= 0.3 is 5.69 Å². The molecule has 0 spiro atoms. The molecule has 2 aliphatic rings. The molecule has 4 aromatic rings. The predicted octanol–water partition coefficient (Wildman–Crippen LogP) is 1.91. The van der Waals surface area contributed by atoms with Crippen LogP contribution in [0.15, 0.2) is 29.2 Å². The predicted molar refractivity (Wildman–Crippen MR) is 132 cm³/mol. The zero-order valence-electron chi connectivity index (χ0n) is 18.6. The molecule has 1 aliphatic heterocycles. The van der Waals surface area contributed by atoms with Gasteiger partial charge in [0.15, 0.2) is 5.65 Å². The van der Waals surface area contributed by atoms with Gasteiger partial charge in [0.2, 0.25) is 0 Å². The van der Waals surface area contributed by atoms with Crippen molar-refractivity contribution in [2.45, 2.75) is 38.1 Å². The molecule has 0 aromatic carbocycles. The number of amides is 1. The molecule has 0 unspecified atom stereocenters. The van der Waals surface area contributed by atoms with Gasteiger partial charge in [-0.25, -0.2) is 9.78 Å². The van der Waals surface area contributed by atoms with E-state index in [1.54, 1.807) is 10.7 Å². The first-order valence-corrected chi connectivity index (χ1v) is 12.4. The number of aromatic amines is 2. The van der Waals surface area contributed by atoms with E-state index >= 15 is 0 Å². The fraction of sp³-hybridized carbons (Fsp3) is 0.333. The second kappa shape index (κ2) is 8.28. The van der Waals surface area contributed by atoms with Crippen molar-refractivity contribution >= 4 is 41.4 Å². The third-order valence-corrected chi connectivity index (χ3v) is 7.37. The lowest BCUT2D eigenvalue weighted by molar-refractivity contribution is 0.0729. The first kappa shape index (κ1) is 20.9. The molecule has 5 heterocycles. The number of nitrogens with one attached hydrogen (secondary N) is 3. The molecular formula is C24H25N7O2S. The number of rotatable bonds is 5. The Bertz CT molecular complexity index is 1550. The summed E-state index contributed by atoms with van der Waals surface area (Å²) in [5.74, 6) is 0.961. The molecule has 0 radical (unpaired) electrons. The number of piperidine rings is 1. The number of H-pyrrole nitrogens is 2. The van der Waals surface area contributed by atoms with Gasteiger partial charge < -0.3 is 20.2 Å². The van der Waals surface area contributed by atoms with E-state index in [0.717, 1.165) is 65.6 Å². The molecule has 1 aliphatic carbocycles. The van der Waals surface area contributed by atoms with Crippen molar-refractivity contribution in [1.29, 1.82) is 0 Å². The van der Waals surface area contributed by atoms with Crippen molar-refractivity contribution in [1.82, 2.24) is 29.5 Å². The zero-order chi connectivity index (χ0) is 23.2. The lowest BCUT2D eigenvalue weighted by Gasteiger charge is -2.26. The SMILES string of the molecule is C=c1[nH]c(=O)[nH]/c1=C\c1cnn2c(NC3CC3)cc(-c3ccc(C(=O)N4CCCCC4)s3)nc12. The summed E-state index contributed by atoms with van der Waals surface area (Å²) in [5, 5.41) is 9.19. The average molecular weight is 476 g/mol. The van der Waals surface area contributed by atoms with Crippen LogP contribution in [0.5, 0.6) is 0 Å². The third kappa shape index (κ3) is 3.94. The average Bonchev–Trinajstić information content (AvgIpc) is 3.22. The Hall–Kier alpha value is -3.66. The third-order valence-electron chi connectivity index (χ3n) is 6.28. The van der Waals surface area contributed by atoms with Crippen LogP contribution in [0.3, 0.4) is 0 Å². The van der Waals surface area contributed by atoms with Crippen LogP contribution in [-0.2, 0) is 0 Å². The smallest absolute Gasteiger partial charge is 0.323 e. The maximum absolute atomic E-state index is 13.0. The second-order valence-corrected chi connectivity index (χ2v) is 10.00. The minimum atomic E-state index is -0.304. The van der Waals surface area contributed by atoms with Gasteiger partial charge in [0.25, 0.3) is 5.91 Å². The van der Waals surface area contributed by atoms with E-state index in [1.165, 1.54) is 17.8 Å². The Morgan fingerprint density at radius 1 is 1.21 bits per heavy atom. The van der Waals surface area contributed by atoms with Gasteiger partial charge in [0, 0.05) is 30.8 Å². The number of carbonyl (C=O) groups is 1. The van der Waals surface area contributed by atoms with E-state index in [0.29, 0.717) is 22.4 Å². The molecule has 0 bridgehead atoms. The monoisotopic (exact) mass is 475 g/mol. The van der Waals surface area contributed by atoms with Crippen LogP contribution in [0.25, 0.3) is 28.9 Å². The molecular weight excluding hydrogens is 450 g/mol. The van der Waals surface area contributed by atoms with Gasteiger partial charge in [-0.2, -0.15) is 9.61 Å². The number of thiophene rings is 1. The molecule has 0 atom stereocenters. The van der Waals surface area contributed by atoms with Crippen molar-refractivity contribution in [2.24, 2.45) is 0 Å². The van der Waals surface area contributed by atoms with Gasteiger partial charge in [-0.05, 0) is 50.3 Å². The molecule has 1 saturated heterocycles. The molecule has 34 heavy (non-hydrogen) atoms. The van der Waals surface area contributed by atoms with Crippen LogP contribution in [0, 0.1) is 0 Å². The number of hydrogen-bond donors (Lipinski definition) is 3. The fourth-order valence-electron chi connectivity index (χ4n) is 4.30. The second-order valence-electron chi connectivity index (χ2n) is 8.91. The van der Waals surface area contributed by atoms with Crippen molar-refractivity contribution in [3.05, 3.63) is 56.0 Å². The normalized spacial score (nSPS) is 16.9. The number of imidazole rings is 1. The first-order chi connectivity index (χ1) is 16.5. The van der Waals surface area contributed by atoms with Crippen LogP contribution in [0.2, 0.25) is 0 Å². The summed E-state index contributed by atoms with van der Waals surface area (Å²) in [7, 11) is 0. The first-order valence-electron chi connectivity index (χ1n) is 11.6. The fourth-order valence-corrected chi connectivity index (χ4v) is 5.24. The Balaban J connectivity index is 1.42. The minimum Gasteiger partial charge on any atom is -0.367 e. The van der Waals surface area contributed by atoms with E-state index in [4.69, 9.17) is 4.98 Å². The lowest BCUT2D eigenvalue weighted by Crippen LogP contribution is -2.35. The van der Waals surface area contributed by atoms with Gasteiger partial charge in [-0.1, -0.05) is 6.58 Å². The van der Waals surface area contributed by atoms with Crippen molar-refractivity contribution < 1.29 is 4.79 Å². The Labute approximate surface area is 198 Å². The molecule has 10 heteroatoms. The van der Waals surface area contributed by atoms with E-state index in [2.05, 4.69) is 27.0 Å². The largest absolute Gasteiger partial charge is 0.367 e. The quantitative estimate of drug-likeness (QED) is 0.408. The molecule has 174 valence electrons. The number of likely N-dealkylation sites (tertiary alicyclic amines) is 1. The molecule has 3 N–H and O–H groups in total. The number of carbonyl (C=O) groups excluding carboxylic acids is 1. The standard InChI is InChI=1S/C24H25N7O2S/c1-14-17(29-24(33)26-14)11-15-13-25-31-21(27-16-5-6-16)12-18(28-22(15)31)19-7-8-20(34-19)23(32)30-9-3-2-4-10-30/h7-8,11-13,16,27H,1-6,9-10H2,(H2,26,29,33)/b17-11-. The topological polar surface area (TPSA) is 111 Å². The van der Waals surface area contributed by atoms with E-state index < -0.39 is 0 Å². The summed E-state index contributed by atoms with van der Waals surface area (Å²) in [5.41, 5.74) is 1.91. The highest BCUT2D eigenvalue weighted by Gasteiger charge is 2.24. The minimum absolute atomic E-state index is 0.103.